The molecule has 0 aliphatic heterocycles. The van der Waals surface area contributed by atoms with Crippen molar-refractivity contribution in [1.29, 1.82) is 0 Å². The van der Waals surface area contributed by atoms with Crippen molar-refractivity contribution in [3.8, 4) is 56.4 Å². The van der Waals surface area contributed by atoms with Crippen molar-refractivity contribution in [2.45, 2.75) is 0 Å². The van der Waals surface area contributed by atoms with Crippen LogP contribution in [0.3, 0.4) is 0 Å². The molecule has 202 valence electrons. The maximum absolute atomic E-state index is 5.03. The van der Waals surface area contributed by atoms with E-state index in [1.807, 2.05) is 96.5 Å². The van der Waals surface area contributed by atoms with E-state index in [0.29, 0.717) is 17.5 Å². The minimum atomic E-state index is 0.663. The number of hydrogen-bond acceptors (Lipinski definition) is 5. The van der Waals surface area contributed by atoms with Crippen LogP contribution in [0.5, 0.6) is 0 Å². The molecule has 0 saturated heterocycles. The number of thiophene rings is 1. The molecule has 43 heavy (non-hydrogen) atoms. The van der Waals surface area contributed by atoms with Gasteiger partial charge in [-0.2, -0.15) is 0 Å². The summed E-state index contributed by atoms with van der Waals surface area (Å²) in [5, 5.41) is 2.37. The predicted molar refractivity (Wildman–Crippen MR) is 178 cm³/mol. The first kappa shape index (κ1) is 25.2. The van der Waals surface area contributed by atoms with Gasteiger partial charge in [-0.05, 0) is 40.5 Å². The minimum absolute atomic E-state index is 0.663. The van der Waals surface area contributed by atoms with Crippen molar-refractivity contribution < 1.29 is 0 Å². The monoisotopic (exact) mass is 568 g/mol. The molecule has 0 amide bonds. The fraction of sp³-hybridized carbons (Fsp3) is 0. The van der Waals surface area contributed by atoms with E-state index in [1.54, 1.807) is 0 Å². The average molecular weight is 569 g/mol. The highest BCUT2D eigenvalue weighted by Crippen LogP contribution is 2.43. The molecule has 0 atom stereocenters. The van der Waals surface area contributed by atoms with Gasteiger partial charge in [0, 0.05) is 49.3 Å². The van der Waals surface area contributed by atoms with Gasteiger partial charge in [-0.1, -0.05) is 115 Å². The lowest BCUT2D eigenvalue weighted by atomic mass is 9.98. The van der Waals surface area contributed by atoms with E-state index < -0.39 is 0 Å². The molecule has 0 aliphatic carbocycles. The Morgan fingerprint density at radius 1 is 0.395 bits per heavy atom. The fourth-order valence-electron chi connectivity index (χ4n) is 5.58. The summed E-state index contributed by atoms with van der Waals surface area (Å²) in [5.74, 6) is 2.00. The van der Waals surface area contributed by atoms with Crippen molar-refractivity contribution in [1.82, 2.24) is 19.9 Å². The summed E-state index contributed by atoms with van der Waals surface area (Å²) in [5.41, 5.74) is 7.67. The maximum atomic E-state index is 5.03. The number of hydrogen-bond donors (Lipinski definition) is 0. The van der Waals surface area contributed by atoms with Crippen LogP contribution in [0.15, 0.2) is 146 Å². The number of benzene rings is 5. The Labute approximate surface area is 253 Å². The van der Waals surface area contributed by atoms with Crippen LogP contribution in [0.25, 0.3) is 76.6 Å². The Morgan fingerprint density at radius 2 is 0.953 bits per heavy atom. The summed E-state index contributed by atoms with van der Waals surface area (Å²) in [6, 6.07) is 46.1. The second kappa shape index (κ2) is 10.7. The van der Waals surface area contributed by atoms with Crippen LogP contribution >= 0.6 is 11.3 Å². The molecule has 5 heteroatoms. The van der Waals surface area contributed by atoms with Gasteiger partial charge in [-0.25, -0.2) is 15.0 Å². The van der Waals surface area contributed by atoms with E-state index in [1.165, 1.54) is 36.9 Å². The third kappa shape index (κ3) is 4.66. The number of fused-ring (bicyclic) bond motifs is 3. The first-order valence-electron chi connectivity index (χ1n) is 14.1. The lowest BCUT2D eigenvalue weighted by Gasteiger charge is -2.10. The van der Waals surface area contributed by atoms with E-state index >= 15 is 0 Å². The molecule has 0 unspecified atom stereocenters. The number of rotatable bonds is 5. The van der Waals surface area contributed by atoms with Gasteiger partial charge in [-0.3, -0.25) is 4.98 Å². The second-order valence-corrected chi connectivity index (χ2v) is 11.4. The molecule has 5 aromatic carbocycles. The van der Waals surface area contributed by atoms with Gasteiger partial charge in [0.2, 0.25) is 0 Å². The van der Waals surface area contributed by atoms with E-state index in [4.69, 9.17) is 15.0 Å². The van der Waals surface area contributed by atoms with E-state index in [0.717, 1.165) is 22.3 Å². The molecule has 8 aromatic rings. The molecular formula is C38H24N4S. The zero-order valence-electron chi connectivity index (χ0n) is 23.1. The molecule has 3 aromatic heterocycles. The zero-order chi connectivity index (χ0) is 28.6. The molecule has 0 fully saturated rings. The first-order chi connectivity index (χ1) is 21.3. The molecule has 0 radical (unpaired) electrons. The summed E-state index contributed by atoms with van der Waals surface area (Å²) < 4.78 is 2.46. The van der Waals surface area contributed by atoms with Gasteiger partial charge in [0.15, 0.2) is 17.5 Å². The highest BCUT2D eigenvalue weighted by molar-refractivity contribution is 7.26. The molecule has 8 rings (SSSR count). The number of aromatic nitrogens is 4. The lowest BCUT2D eigenvalue weighted by molar-refractivity contribution is 1.08. The quantitative estimate of drug-likeness (QED) is 0.207. The van der Waals surface area contributed by atoms with E-state index in [-0.39, 0.29) is 0 Å². The Bertz CT molecular complexity index is 2150. The van der Waals surface area contributed by atoms with Crippen molar-refractivity contribution >= 4 is 31.5 Å². The second-order valence-electron chi connectivity index (χ2n) is 10.3. The van der Waals surface area contributed by atoms with Crippen LogP contribution in [0.1, 0.15) is 0 Å². The maximum Gasteiger partial charge on any atom is 0.164 e. The molecule has 0 N–H and O–H groups in total. The molecule has 0 aliphatic rings. The molecule has 3 heterocycles. The summed E-state index contributed by atoms with van der Waals surface area (Å²) in [4.78, 5) is 19.1. The SMILES string of the molecule is c1ccc(-c2nc(-c3ccccc3)nc(-c3cccc4sc5c(-c6ccc(-c7ccncc7)cc6)cccc5c34)n2)cc1. The van der Waals surface area contributed by atoms with Crippen molar-refractivity contribution in [3.05, 3.63) is 146 Å². The Kier molecular flexibility index (Phi) is 6.28. The third-order valence-corrected chi connectivity index (χ3v) is 8.88. The van der Waals surface area contributed by atoms with Gasteiger partial charge in [0.25, 0.3) is 0 Å². The summed E-state index contributed by atoms with van der Waals surface area (Å²) in [7, 11) is 0. The van der Waals surface area contributed by atoms with Gasteiger partial charge in [0.05, 0.1) is 0 Å². The number of nitrogens with zero attached hydrogens (tertiary/aromatic N) is 4. The van der Waals surface area contributed by atoms with Crippen molar-refractivity contribution in [2.24, 2.45) is 0 Å². The highest BCUT2D eigenvalue weighted by Gasteiger charge is 2.18. The number of pyridine rings is 1. The topological polar surface area (TPSA) is 51.6 Å². The molecule has 0 saturated carbocycles. The fourth-order valence-corrected chi connectivity index (χ4v) is 6.84. The third-order valence-electron chi connectivity index (χ3n) is 7.67. The van der Waals surface area contributed by atoms with Crippen LogP contribution in [-0.4, -0.2) is 19.9 Å². The van der Waals surface area contributed by atoms with Crippen molar-refractivity contribution in [2.75, 3.05) is 0 Å². The minimum Gasteiger partial charge on any atom is -0.265 e. The van der Waals surface area contributed by atoms with Crippen LogP contribution in [0.4, 0.5) is 0 Å². The Balaban J connectivity index is 1.30. The zero-order valence-corrected chi connectivity index (χ0v) is 23.9. The standard InChI is InChI=1S/C38H24N4S/c1-3-9-28(10-4-1)36-40-37(29-11-5-2-6-12-29)42-38(41-36)32-15-8-16-33-34(32)31-14-7-13-30(35(31)43-33)27-19-17-25(18-20-27)26-21-23-39-24-22-26/h1-24H. The van der Waals surface area contributed by atoms with Crippen LogP contribution in [0, 0.1) is 0 Å². The molecule has 4 nitrogen and oxygen atoms in total. The summed E-state index contributed by atoms with van der Waals surface area (Å²) in [6.07, 6.45) is 3.66. The Hall–Kier alpha value is -5.52. The van der Waals surface area contributed by atoms with Crippen LogP contribution < -0.4 is 0 Å². The average Bonchev–Trinajstić information content (AvgIpc) is 3.49. The van der Waals surface area contributed by atoms with Gasteiger partial charge in [-0.15, -0.1) is 11.3 Å². The van der Waals surface area contributed by atoms with Gasteiger partial charge in [0.1, 0.15) is 0 Å². The summed E-state index contributed by atoms with van der Waals surface area (Å²) >= 11 is 1.81. The largest absolute Gasteiger partial charge is 0.265 e. The highest BCUT2D eigenvalue weighted by atomic mass is 32.1. The first-order valence-corrected chi connectivity index (χ1v) is 15.0. The van der Waals surface area contributed by atoms with E-state index in [2.05, 4.69) is 65.6 Å². The lowest BCUT2D eigenvalue weighted by Crippen LogP contribution is -2.00. The van der Waals surface area contributed by atoms with Crippen LogP contribution in [0.2, 0.25) is 0 Å². The van der Waals surface area contributed by atoms with Crippen LogP contribution in [-0.2, 0) is 0 Å². The van der Waals surface area contributed by atoms with E-state index in [9.17, 15) is 0 Å². The normalized spacial score (nSPS) is 11.3. The summed E-state index contributed by atoms with van der Waals surface area (Å²) in [6.45, 7) is 0. The molecule has 0 spiro atoms. The van der Waals surface area contributed by atoms with Crippen molar-refractivity contribution in [3.63, 3.8) is 0 Å². The molecular weight excluding hydrogens is 545 g/mol. The smallest absolute Gasteiger partial charge is 0.164 e. The van der Waals surface area contributed by atoms with Gasteiger partial charge >= 0.3 is 0 Å². The Morgan fingerprint density at radius 3 is 1.63 bits per heavy atom. The van der Waals surface area contributed by atoms with Gasteiger partial charge < -0.3 is 0 Å². The molecule has 0 bridgehead atoms. The predicted octanol–water partition coefficient (Wildman–Crippen LogP) is 9.97.